The highest BCUT2D eigenvalue weighted by Crippen LogP contribution is 2.21. The number of sulfonamides is 1. The molecule has 1 aromatic rings. The number of hydrogen-bond donors (Lipinski definition) is 3. The summed E-state index contributed by atoms with van der Waals surface area (Å²) in [6, 6.07) is 3.40. The molecule has 0 aliphatic heterocycles. The van der Waals surface area contributed by atoms with Crippen molar-refractivity contribution in [1.82, 2.24) is 10.0 Å². The molecule has 0 saturated carbocycles. The SMILES string of the molecule is O=C(O)CNC(=O)CNS(=O)(=O)c1cccc(Cl)c1F. The first kappa shape index (κ1) is 16.3. The zero-order valence-electron chi connectivity index (χ0n) is 9.89. The monoisotopic (exact) mass is 324 g/mol. The van der Waals surface area contributed by atoms with Crippen LogP contribution >= 0.6 is 11.6 Å². The summed E-state index contributed by atoms with van der Waals surface area (Å²) in [7, 11) is -4.26. The van der Waals surface area contributed by atoms with E-state index in [1.165, 1.54) is 12.1 Å². The van der Waals surface area contributed by atoms with Gasteiger partial charge in [-0.15, -0.1) is 0 Å². The van der Waals surface area contributed by atoms with Crippen LogP contribution in [0.5, 0.6) is 0 Å². The molecule has 7 nitrogen and oxygen atoms in total. The smallest absolute Gasteiger partial charge is 0.322 e. The lowest BCUT2D eigenvalue weighted by atomic mass is 10.3. The Hall–Kier alpha value is -1.71. The van der Waals surface area contributed by atoms with Gasteiger partial charge in [0.05, 0.1) is 11.6 Å². The summed E-state index contributed by atoms with van der Waals surface area (Å²) in [4.78, 5) is 20.6. The van der Waals surface area contributed by atoms with Crippen LogP contribution in [0.2, 0.25) is 5.02 Å². The van der Waals surface area contributed by atoms with Crippen LogP contribution in [0.1, 0.15) is 0 Å². The molecule has 3 N–H and O–H groups in total. The number of nitrogens with one attached hydrogen (secondary N) is 2. The highest BCUT2D eigenvalue weighted by molar-refractivity contribution is 7.89. The fourth-order valence-electron chi connectivity index (χ4n) is 1.17. The van der Waals surface area contributed by atoms with Crippen LogP contribution in [0.25, 0.3) is 0 Å². The average molecular weight is 325 g/mol. The number of carboxylic acid groups (broad SMARTS) is 1. The number of amides is 1. The number of hydrogen-bond acceptors (Lipinski definition) is 4. The van der Waals surface area contributed by atoms with E-state index in [2.05, 4.69) is 0 Å². The van der Waals surface area contributed by atoms with Gasteiger partial charge in [-0.05, 0) is 12.1 Å². The van der Waals surface area contributed by atoms with Crippen molar-refractivity contribution in [2.24, 2.45) is 0 Å². The largest absolute Gasteiger partial charge is 0.480 e. The van der Waals surface area contributed by atoms with Gasteiger partial charge in [0.15, 0.2) is 5.82 Å². The third-order valence-electron chi connectivity index (χ3n) is 2.07. The Labute approximate surface area is 118 Å². The summed E-state index contributed by atoms with van der Waals surface area (Å²) in [5, 5.41) is 9.89. The molecule has 0 radical (unpaired) electrons. The van der Waals surface area contributed by atoms with Gasteiger partial charge in [0.25, 0.3) is 0 Å². The van der Waals surface area contributed by atoms with Gasteiger partial charge < -0.3 is 10.4 Å². The second kappa shape index (κ2) is 6.64. The lowest BCUT2D eigenvalue weighted by Crippen LogP contribution is -2.39. The van der Waals surface area contributed by atoms with E-state index in [1.807, 2.05) is 10.0 Å². The van der Waals surface area contributed by atoms with Crippen molar-refractivity contribution in [2.45, 2.75) is 4.90 Å². The predicted molar refractivity (Wildman–Crippen MR) is 67.2 cm³/mol. The third kappa shape index (κ3) is 4.44. The van der Waals surface area contributed by atoms with Gasteiger partial charge in [0.2, 0.25) is 15.9 Å². The highest BCUT2D eigenvalue weighted by Gasteiger charge is 2.21. The molecule has 0 bridgehead atoms. The summed E-state index contributed by atoms with van der Waals surface area (Å²) in [5.74, 6) is -3.27. The van der Waals surface area contributed by atoms with Crippen molar-refractivity contribution in [3.63, 3.8) is 0 Å². The minimum Gasteiger partial charge on any atom is -0.480 e. The summed E-state index contributed by atoms with van der Waals surface area (Å²) in [5.41, 5.74) is 0. The molecular formula is C10H10ClFN2O5S. The van der Waals surface area contributed by atoms with E-state index >= 15 is 0 Å². The maximum absolute atomic E-state index is 13.5. The molecular weight excluding hydrogens is 315 g/mol. The molecule has 110 valence electrons. The molecule has 0 unspecified atom stereocenters. The van der Waals surface area contributed by atoms with E-state index in [4.69, 9.17) is 16.7 Å². The fourth-order valence-corrected chi connectivity index (χ4v) is 2.48. The molecule has 0 aliphatic carbocycles. The van der Waals surface area contributed by atoms with E-state index in [9.17, 15) is 22.4 Å². The number of halogens is 2. The van der Waals surface area contributed by atoms with Gasteiger partial charge in [-0.3, -0.25) is 9.59 Å². The van der Waals surface area contributed by atoms with Crippen molar-refractivity contribution < 1.29 is 27.5 Å². The number of aliphatic carboxylic acids is 1. The van der Waals surface area contributed by atoms with Gasteiger partial charge in [-0.25, -0.2) is 17.5 Å². The molecule has 10 heteroatoms. The number of benzene rings is 1. The van der Waals surface area contributed by atoms with Crippen molar-refractivity contribution in [3.05, 3.63) is 29.0 Å². The highest BCUT2D eigenvalue weighted by atomic mass is 35.5. The molecule has 0 fully saturated rings. The Morgan fingerprint density at radius 1 is 1.30 bits per heavy atom. The van der Waals surface area contributed by atoms with Crippen molar-refractivity contribution in [2.75, 3.05) is 13.1 Å². The second-order valence-corrected chi connectivity index (χ2v) is 5.69. The molecule has 1 amide bonds. The molecule has 0 atom stereocenters. The first-order valence-electron chi connectivity index (χ1n) is 5.16. The molecule has 1 aromatic carbocycles. The van der Waals surface area contributed by atoms with E-state index in [0.717, 1.165) is 6.07 Å². The zero-order chi connectivity index (χ0) is 15.3. The van der Waals surface area contributed by atoms with Gasteiger partial charge in [0, 0.05) is 0 Å². The van der Waals surface area contributed by atoms with Crippen LogP contribution in [0.3, 0.4) is 0 Å². The Morgan fingerprint density at radius 3 is 2.55 bits per heavy atom. The minimum absolute atomic E-state index is 0.372. The predicted octanol–water partition coefficient (Wildman–Crippen LogP) is -0.0418. The molecule has 20 heavy (non-hydrogen) atoms. The number of carbonyl (C=O) groups is 2. The summed E-state index contributed by atoms with van der Waals surface area (Å²) in [6.45, 7) is -1.37. The number of carbonyl (C=O) groups excluding carboxylic acids is 1. The maximum atomic E-state index is 13.5. The third-order valence-corrected chi connectivity index (χ3v) is 3.78. The second-order valence-electron chi connectivity index (χ2n) is 3.55. The quantitative estimate of drug-likeness (QED) is 0.679. The van der Waals surface area contributed by atoms with E-state index < -0.39 is 45.7 Å². The maximum Gasteiger partial charge on any atom is 0.322 e. The summed E-state index contributed by atoms with van der Waals surface area (Å²) >= 11 is 5.46. The standard InChI is InChI=1S/C10H10ClFN2O5S/c11-6-2-1-3-7(10(6)12)20(18,19)14-4-8(15)13-5-9(16)17/h1-3,14H,4-5H2,(H,13,15)(H,16,17). The average Bonchev–Trinajstić information content (AvgIpc) is 2.37. The lowest BCUT2D eigenvalue weighted by molar-refractivity contribution is -0.137. The van der Waals surface area contributed by atoms with E-state index in [1.54, 1.807) is 0 Å². The van der Waals surface area contributed by atoms with Crippen LogP contribution in [0.15, 0.2) is 23.1 Å². The lowest BCUT2D eigenvalue weighted by Gasteiger charge is -2.08. The molecule has 0 heterocycles. The topological polar surface area (TPSA) is 113 Å². The molecule has 1 rings (SSSR count). The normalized spacial score (nSPS) is 11.1. The Morgan fingerprint density at radius 2 is 1.95 bits per heavy atom. The minimum atomic E-state index is -4.26. The van der Waals surface area contributed by atoms with Crippen LogP contribution in [0.4, 0.5) is 4.39 Å². The Balaban J connectivity index is 2.74. The first-order chi connectivity index (χ1) is 9.24. The number of carboxylic acids is 1. The number of rotatable bonds is 6. The van der Waals surface area contributed by atoms with Crippen molar-refractivity contribution >= 4 is 33.5 Å². The van der Waals surface area contributed by atoms with Gasteiger partial charge >= 0.3 is 5.97 Å². The molecule has 0 spiro atoms. The molecule has 0 aromatic heterocycles. The van der Waals surface area contributed by atoms with Crippen molar-refractivity contribution in [3.8, 4) is 0 Å². The van der Waals surface area contributed by atoms with Crippen LogP contribution in [-0.4, -0.2) is 38.5 Å². The zero-order valence-corrected chi connectivity index (χ0v) is 11.5. The van der Waals surface area contributed by atoms with E-state index in [0.29, 0.717) is 0 Å². The van der Waals surface area contributed by atoms with E-state index in [-0.39, 0.29) is 5.02 Å². The van der Waals surface area contributed by atoms with Crippen LogP contribution in [-0.2, 0) is 19.6 Å². The van der Waals surface area contributed by atoms with Crippen LogP contribution in [0, 0.1) is 5.82 Å². The summed E-state index contributed by atoms with van der Waals surface area (Å²) in [6.07, 6.45) is 0. The fraction of sp³-hybridized carbons (Fsp3) is 0.200. The first-order valence-corrected chi connectivity index (χ1v) is 7.02. The summed E-state index contributed by atoms with van der Waals surface area (Å²) < 4.78 is 38.9. The Bertz CT molecular complexity index is 635. The van der Waals surface area contributed by atoms with Gasteiger partial charge in [-0.2, -0.15) is 0 Å². The van der Waals surface area contributed by atoms with Crippen molar-refractivity contribution in [1.29, 1.82) is 0 Å². The van der Waals surface area contributed by atoms with Gasteiger partial charge in [0.1, 0.15) is 11.4 Å². The Kier molecular flexibility index (Phi) is 5.43. The molecule has 0 aliphatic rings. The van der Waals surface area contributed by atoms with Crippen LogP contribution < -0.4 is 10.0 Å². The van der Waals surface area contributed by atoms with Gasteiger partial charge in [-0.1, -0.05) is 17.7 Å². The molecule has 0 saturated heterocycles.